The van der Waals surface area contributed by atoms with Crippen LogP contribution in [-0.2, 0) is 0 Å². The summed E-state index contributed by atoms with van der Waals surface area (Å²) in [4.78, 5) is 0. The Morgan fingerprint density at radius 2 is 1.83 bits per heavy atom. The fraction of sp³-hybridized carbons (Fsp3) is 0.625. The molecule has 2 rings (SSSR count). The first kappa shape index (κ1) is 14.0. The van der Waals surface area contributed by atoms with E-state index in [-0.39, 0.29) is 6.10 Å². The molecule has 1 aromatic rings. The van der Waals surface area contributed by atoms with Crippen LogP contribution >= 0.6 is 7.26 Å². The van der Waals surface area contributed by atoms with Gasteiger partial charge in [-0.05, 0) is 37.3 Å². The van der Waals surface area contributed by atoms with Crippen LogP contribution in [-0.4, -0.2) is 30.8 Å². The quantitative estimate of drug-likeness (QED) is 0.816. The van der Waals surface area contributed by atoms with E-state index in [2.05, 4.69) is 45.1 Å². The van der Waals surface area contributed by atoms with E-state index in [0.29, 0.717) is 5.92 Å². The molecule has 18 heavy (non-hydrogen) atoms. The number of aliphatic hydroxyl groups is 1. The third kappa shape index (κ3) is 2.78. The molecule has 2 unspecified atom stereocenters. The molecule has 2 heteroatoms. The normalized spacial score (nSPS) is 26.3. The summed E-state index contributed by atoms with van der Waals surface area (Å²) in [5.41, 5.74) is 3.11. The lowest BCUT2D eigenvalue weighted by Crippen LogP contribution is -2.24. The molecular weight excluding hydrogens is 239 g/mol. The molecule has 0 aliphatic heterocycles. The monoisotopic (exact) mass is 265 g/mol. The van der Waals surface area contributed by atoms with E-state index < -0.39 is 7.26 Å². The van der Waals surface area contributed by atoms with Crippen LogP contribution in [0.3, 0.4) is 0 Å². The van der Waals surface area contributed by atoms with Crippen molar-refractivity contribution in [1.29, 1.82) is 0 Å². The summed E-state index contributed by atoms with van der Waals surface area (Å²) < 4.78 is 0. The predicted molar refractivity (Wildman–Crippen MR) is 82.0 cm³/mol. The van der Waals surface area contributed by atoms with Crippen molar-refractivity contribution in [2.75, 3.05) is 20.0 Å². The second-order valence-corrected chi connectivity index (χ2v) is 11.5. The highest BCUT2D eigenvalue weighted by Gasteiger charge is 2.44. The summed E-state index contributed by atoms with van der Waals surface area (Å²) in [5, 5.41) is 10.8. The summed E-state index contributed by atoms with van der Waals surface area (Å²) in [6.45, 7) is 9.36. The first-order valence-corrected chi connectivity index (χ1v) is 10.2. The van der Waals surface area contributed by atoms with Gasteiger partial charge in [0.1, 0.15) is 0 Å². The van der Waals surface area contributed by atoms with Crippen LogP contribution in [0.15, 0.2) is 24.3 Å². The van der Waals surface area contributed by atoms with E-state index in [1.165, 1.54) is 24.8 Å². The van der Waals surface area contributed by atoms with Gasteiger partial charge in [0.25, 0.3) is 0 Å². The number of aliphatic hydroxyl groups excluding tert-OH is 1. The highest BCUT2D eigenvalue weighted by Crippen LogP contribution is 2.61. The van der Waals surface area contributed by atoms with Gasteiger partial charge in [-0.3, -0.25) is 0 Å². The predicted octanol–water partition coefficient (Wildman–Crippen LogP) is 4.10. The Hall–Kier alpha value is -0.390. The van der Waals surface area contributed by atoms with E-state index >= 15 is 0 Å². The molecule has 100 valence electrons. The summed E-state index contributed by atoms with van der Waals surface area (Å²) in [7, 11) is -0.869. The van der Waals surface area contributed by atoms with Gasteiger partial charge in [-0.15, -0.1) is 0 Å². The van der Waals surface area contributed by atoms with Crippen molar-refractivity contribution in [2.24, 2.45) is 5.92 Å². The summed E-state index contributed by atoms with van der Waals surface area (Å²) >= 11 is 0. The minimum absolute atomic E-state index is 0.266. The SMILES string of the molecule is Cc1ccccc1[C@@H](O)C1CCCC1[P+](C)(C)C. The van der Waals surface area contributed by atoms with Crippen LogP contribution in [0.25, 0.3) is 0 Å². The van der Waals surface area contributed by atoms with Gasteiger partial charge in [0.15, 0.2) is 0 Å². The molecular formula is C16H26OP+. The molecule has 1 fully saturated rings. The summed E-state index contributed by atoms with van der Waals surface area (Å²) in [6.07, 6.45) is 3.52. The van der Waals surface area contributed by atoms with Gasteiger partial charge < -0.3 is 5.11 Å². The van der Waals surface area contributed by atoms with Gasteiger partial charge in [-0.1, -0.05) is 24.3 Å². The maximum absolute atomic E-state index is 10.8. The Labute approximate surface area is 112 Å². The first-order valence-electron chi connectivity index (χ1n) is 6.96. The van der Waals surface area contributed by atoms with E-state index in [9.17, 15) is 5.11 Å². The molecule has 0 amide bonds. The second-order valence-electron chi connectivity index (χ2n) is 6.58. The van der Waals surface area contributed by atoms with Gasteiger partial charge in [0, 0.05) is 33.2 Å². The lowest BCUT2D eigenvalue weighted by molar-refractivity contribution is 0.112. The number of hydrogen-bond donors (Lipinski definition) is 1. The zero-order chi connectivity index (χ0) is 13.3. The molecule has 0 radical (unpaired) electrons. The van der Waals surface area contributed by atoms with Crippen molar-refractivity contribution in [1.82, 2.24) is 0 Å². The molecule has 0 heterocycles. The molecule has 0 bridgehead atoms. The van der Waals surface area contributed by atoms with E-state index in [1.54, 1.807) is 0 Å². The Balaban J connectivity index is 2.23. The lowest BCUT2D eigenvalue weighted by Gasteiger charge is -2.30. The molecule has 3 atom stereocenters. The van der Waals surface area contributed by atoms with Gasteiger partial charge in [0.05, 0.1) is 11.8 Å². The Morgan fingerprint density at radius 1 is 1.17 bits per heavy atom. The van der Waals surface area contributed by atoms with Crippen LogP contribution in [0.2, 0.25) is 0 Å². The maximum Gasteiger partial charge on any atom is 0.0858 e. The minimum Gasteiger partial charge on any atom is -0.388 e. The van der Waals surface area contributed by atoms with Crippen molar-refractivity contribution in [3.8, 4) is 0 Å². The Bertz CT molecular complexity index is 408. The third-order valence-corrected chi connectivity index (χ3v) is 7.07. The molecule has 1 N–H and O–H groups in total. The lowest BCUT2D eigenvalue weighted by atomic mass is 9.91. The van der Waals surface area contributed by atoms with Gasteiger partial charge >= 0.3 is 0 Å². The minimum atomic E-state index is -0.869. The fourth-order valence-electron chi connectivity index (χ4n) is 3.45. The first-order chi connectivity index (χ1) is 8.41. The highest BCUT2D eigenvalue weighted by atomic mass is 31.2. The molecule has 1 aliphatic rings. The fourth-order valence-corrected chi connectivity index (χ4v) is 5.87. The number of aryl methyl sites for hydroxylation is 1. The summed E-state index contributed by atoms with van der Waals surface area (Å²) in [6, 6.07) is 8.29. The average Bonchev–Trinajstić information content (AvgIpc) is 2.77. The van der Waals surface area contributed by atoms with E-state index in [4.69, 9.17) is 0 Å². The van der Waals surface area contributed by atoms with Crippen LogP contribution in [0.4, 0.5) is 0 Å². The Morgan fingerprint density at radius 3 is 2.44 bits per heavy atom. The molecule has 1 saturated carbocycles. The molecule has 1 aromatic carbocycles. The van der Waals surface area contributed by atoms with Crippen molar-refractivity contribution in [3.63, 3.8) is 0 Å². The van der Waals surface area contributed by atoms with Crippen LogP contribution in [0.5, 0.6) is 0 Å². The second kappa shape index (κ2) is 5.31. The maximum atomic E-state index is 10.8. The topological polar surface area (TPSA) is 20.2 Å². The van der Waals surface area contributed by atoms with Gasteiger partial charge in [-0.2, -0.15) is 0 Å². The molecule has 0 saturated heterocycles. The molecule has 0 spiro atoms. The largest absolute Gasteiger partial charge is 0.388 e. The van der Waals surface area contributed by atoms with Gasteiger partial charge in [0.2, 0.25) is 0 Å². The van der Waals surface area contributed by atoms with Crippen LogP contribution < -0.4 is 0 Å². The Kier molecular flexibility index (Phi) is 4.14. The van der Waals surface area contributed by atoms with Crippen molar-refractivity contribution in [3.05, 3.63) is 35.4 Å². The van der Waals surface area contributed by atoms with Crippen LogP contribution in [0, 0.1) is 12.8 Å². The smallest absolute Gasteiger partial charge is 0.0858 e. The number of rotatable bonds is 3. The van der Waals surface area contributed by atoms with Gasteiger partial charge in [-0.25, -0.2) is 0 Å². The standard InChI is InChI=1S/C16H26OP/c1-12-8-5-6-9-13(12)16(17)14-10-7-11-15(14)18(2,3)4/h5-6,8-9,14-17H,7,10-11H2,1-4H3/q+1/t14?,15?,16-/m1/s1. The molecule has 0 aromatic heterocycles. The number of benzene rings is 1. The number of hydrogen-bond acceptors (Lipinski definition) is 1. The summed E-state index contributed by atoms with van der Waals surface area (Å²) in [5.74, 6) is 0.472. The van der Waals surface area contributed by atoms with Crippen molar-refractivity contribution < 1.29 is 5.11 Å². The highest BCUT2D eigenvalue weighted by molar-refractivity contribution is 7.74. The zero-order valence-corrected chi connectivity index (χ0v) is 13.0. The van der Waals surface area contributed by atoms with Crippen molar-refractivity contribution in [2.45, 2.75) is 37.9 Å². The average molecular weight is 265 g/mol. The van der Waals surface area contributed by atoms with E-state index in [1.807, 2.05) is 6.07 Å². The molecule has 1 nitrogen and oxygen atoms in total. The van der Waals surface area contributed by atoms with Crippen molar-refractivity contribution >= 4 is 7.26 Å². The van der Waals surface area contributed by atoms with Crippen LogP contribution in [0.1, 0.15) is 36.5 Å². The molecule has 1 aliphatic carbocycles. The van der Waals surface area contributed by atoms with E-state index in [0.717, 1.165) is 11.2 Å². The zero-order valence-electron chi connectivity index (χ0n) is 12.1. The third-order valence-electron chi connectivity index (χ3n) is 4.44.